The predicted octanol–water partition coefficient (Wildman–Crippen LogP) is 3.27. The Kier molecular flexibility index (Phi) is 12.0. The molecule has 0 fully saturated rings. The first-order valence-corrected chi connectivity index (χ1v) is 14.0. The highest BCUT2D eigenvalue weighted by atomic mass is 16.5. The van der Waals surface area contributed by atoms with Crippen molar-refractivity contribution >= 4 is 23.6 Å². The highest BCUT2D eigenvalue weighted by Crippen LogP contribution is 2.20. The van der Waals surface area contributed by atoms with Crippen molar-refractivity contribution in [3.8, 4) is 0 Å². The number of nitrogens with one attached hydrogen (secondary N) is 2. The number of ether oxygens (including phenoxy) is 1. The zero-order valence-corrected chi connectivity index (χ0v) is 24.4. The molecule has 42 heavy (non-hydrogen) atoms. The quantitative estimate of drug-likeness (QED) is 0.471. The summed E-state index contributed by atoms with van der Waals surface area (Å²) in [6.45, 7) is 7.71. The molecule has 4 atom stereocenters. The number of hydrogen-bond donors (Lipinski definition) is 3. The van der Waals surface area contributed by atoms with E-state index in [0.29, 0.717) is 5.57 Å². The number of aliphatic hydroxyl groups is 1. The Balaban J connectivity index is 1.90. The Hall–Kier alpha value is -4.31. The van der Waals surface area contributed by atoms with Gasteiger partial charge in [0.15, 0.2) is 5.69 Å². The van der Waals surface area contributed by atoms with Crippen molar-refractivity contribution in [3.05, 3.63) is 89.7 Å². The van der Waals surface area contributed by atoms with Crippen molar-refractivity contribution in [2.45, 2.75) is 65.2 Å². The number of rotatable bonds is 3. The lowest BCUT2D eigenvalue weighted by Gasteiger charge is -2.28. The zero-order chi connectivity index (χ0) is 30.6. The first-order valence-electron chi connectivity index (χ1n) is 14.0. The van der Waals surface area contributed by atoms with E-state index in [1.54, 1.807) is 25.2 Å². The summed E-state index contributed by atoms with van der Waals surface area (Å²) >= 11 is 0. The lowest BCUT2D eigenvalue weighted by atomic mass is 9.94. The minimum atomic E-state index is -1.04. The summed E-state index contributed by atoms with van der Waals surface area (Å²) in [5.41, 5.74) is 1.44. The summed E-state index contributed by atoms with van der Waals surface area (Å²) < 4.78 is 11.3. The highest BCUT2D eigenvalue weighted by molar-refractivity contribution is 5.95. The van der Waals surface area contributed by atoms with Crippen LogP contribution in [0, 0.1) is 11.8 Å². The number of nitrogens with zero attached hydrogens (tertiary/aromatic N) is 1. The molecule has 10 nitrogen and oxygen atoms in total. The van der Waals surface area contributed by atoms with Gasteiger partial charge in [-0.25, -0.2) is 9.78 Å². The molecule has 0 radical (unpaired) electrons. The number of hydrogen-bond acceptors (Lipinski definition) is 8. The van der Waals surface area contributed by atoms with E-state index in [2.05, 4.69) is 15.6 Å². The van der Waals surface area contributed by atoms with Crippen LogP contribution in [-0.2, 0) is 32.0 Å². The smallest absolute Gasteiger partial charge is 0.329 e. The van der Waals surface area contributed by atoms with Gasteiger partial charge in [0, 0.05) is 25.3 Å². The van der Waals surface area contributed by atoms with Gasteiger partial charge < -0.3 is 24.9 Å². The molecule has 224 valence electrons. The van der Waals surface area contributed by atoms with Crippen molar-refractivity contribution in [3.63, 3.8) is 0 Å². The van der Waals surface area contributed by atoms with Crippen LogP contribution in [0.25, 0.3) is 0 Å². The van der Waals surface area contributed by atoms with Crippen LogP contribution in [0.3, 0.4) is 0 Å². The molecule has 2 bridgehead atoms. The van der Waals surface area contributed by atoms with Gasteiger partial charge >= 0.3 is 5.97 Å². The molecular weight excluding hydrogens is 538 g/mol. The minimum Gasteiger partial charge on any atom is -0.460 e. The first-order chi connectivity index (χ1) is 20.0. The number of carbonyl (C=O) groups is 4. The van der Waals surface area contributed by atoms with Gasteiger partial charge in [0.25, 0.3) is 5.91 Å². The fraction of sp³-hybridized carbons (Fsp3) is 0.406. The highest BCUT2D eigenvalue weighted by Gasteiger charge is 2.30. The van der Waals surface area contributed by atoms with E-state index in [9.17, 15) is 24.3 Å². The van der Waals surface area contributed by atoms with E-state index in [-0.39, 0.29) is 60.9 Å². The lowest BCUT2D eigenvalue weighted by molar-refractivity contribution is -0.155. The molecule has 1 aliphatic rings. The molecule has 1 aromatic heterocycles. The molecular formula is C32H39N3O7. The standard InChI is InChI=1S/C32H39N3O7/c1-20(2)30-22(4)12-13-28(38)33-14-8-9-21(3)15-24(36)17-25(37)18-29-34-27(19-41-29)31(39)35-26(32(40)42-30)16-23-10-6-5-7-11-23/h5-13,15,19-20,22,24,26,30,36H,14,16-18H2,1-4H3,(H,33,38)(H,35,39)/b9-8?,13-12+,21-15?/t22-,24-,26-,30-/m1/s1. The van der Waals surface area contributed by atoms with Gasteiger partial charge in [-0.1, -0.05) is 81.0 Å². The summed E-state index contributed by atoms with van der Waals surface area (Å²) in [6, 6.07) is 8.16. The van der Waals surface area contributed by atoms with Crippen LogP contribution in [0.4, 0.5) is 0 Å². The number of Topliss-reactive ketones (excluding diaryl/α,β-unsaturated/α-hetero) is 1. The fourth-order valence-electron chi connectivity index (χ4n) is 4.54. The number of oxazole rings is 1. The van der Waals surface area contributed by atoms with E-state index >= 15 is 0 Å². The molecule has 10 heteroatoms. The zero-order valence-electron chi connectivity index (χ0n) is 24.4. The summed E-state index contributed by atoms with van der Waals surface area (Å²) in [7, 11) is 0. The maximum Gasteiger partial charge on any atom is 0.329 e. The number of allylic oxidation sites excluding steroid dienone is 2. The molecule has 0 spiro atoms. The van der Waals surface area contributed by atoms with Gasteiger partial charge in [-0.2, -0.15) is 0 Å². The first kappa shape index (κ1) is 32.2. The molecule has 3 rings (SSSR count). The topological polar surface area (TPSA) is 148 Å². The van der Waals surface area contributed by atoms with Crippen molar-refractivity contribution in [1.29, 1.82) is 0 Å². The SMILES string of the molecule is CC1=C[C@@H](O)CC(=O)Cc2nc(co2)C(=O)N[C@H](Cc2ccccc2)C(=O)O[C@H](C(C)C)[C@H](C)/C=C/C(=O)NCC=C1. The second-order valence-corrected chi connectivity index (χ2v) is 10.8. The third kappa shape index (κ3) is 10.3. The van der Waals surface area contributed by atoms with Gasteiger partial charge in [-0.3, -0.25) is 14.4 Å². The maximum absolute atomic E-state index is 13.5. The number of ketones is 1. The van der Waals surface area contributed by atoms with E-state index in [4.69, 9.17) is 9.15 Å². The van der Waals surface area contributed by atoms with Crippen molar-refractivity contribution in [2.24, 2.45) is 11.8 Å². The van der Waals surface area contributed by atoms with Gasteiger partial charge in [0.2, 0.25) is 11.8 Å². The number of carbonyl (C=O) groups excluding carboxylic acids is 4. The lowest BCUT2D eigenvalue weighted by Crippen LogP contribution is -2.46. The molecule has 1 aromatic carbocycles. The Morgan fingerprint density at radius 1 is 1.10 bits per heavy atom. The van der Waals surface area contributed by atoms with Crippen LogP contribution in [0.2, 0.25) is 0 Å². The number of amides is 2. The molecule has 0 unspecified atom stereocenters. The second-order valence-electron chi connectivity index (χ2n) is 10.8. The summed E-state index contributed by atoms with van der Waals surface area (Å²) in [4.78, 5) is 55.6. The normalized spacial score (nSPS) is 24.4. The van der Waals surface area contributed by atoms with Crippen LogP contribution in [0.5, 0.6) is 0 Å². The summed E-state index contributed by atoms with van der Waals surface area (Å²) in [5, 5.41) is 15.7. The van der Waals surface area contributed by atoms with Crippen molar-refractivity contribution in [1.82, 2.24) is 15.6 Å². The van der Waals surface area contributed by atoms with Gasteiger partial charge in [0.1, 0.15) is 24.2 Å². The molecule has 0 saturated carbocycles. The molecule has 0 saturated heterocycles. The van der Waals surface area contributed by atoms with Gasteiger partial charge in [-0.15, -0.1) is 0 Å². The van der Waals surface area contributed by atoms with E-state index in [0.717, 1.165) is 11.8 Å². The number of cyclic esters (lactones) is 1. The third-order valence-electron chi connectivity index (χ3n) is 6.65. The van der Waals surface area contributed by atoms with Crippen molar-refractivity contribution < 1.29 is 33.4 Å². The maximum atomic E-state index is 13.5. The van der Waals surface area contributed by atoms with Crippen LogP contribution in [-0.4, -0.2) is 58.5 Å². The van der Waals surface area contributed by atoms with Crippen LogP contribution in [0.1, 0.15) is 56.1 Å². The van der Waals surface area contributed by atoms with E-state index < -0.39 is 30.1 Å². The minimum absolute atomic E-state index is 0.0229. The molecule has 1 aliphatic heterocycles. The van der Waals surface area contributed by atoms with Crippen LogP contribution < -0.4 is 10.6 Å². The Labute approximate surface area is 245 Å². The number of benzene rings is 1. The van der Waals surface area contributed by atoms with Gasteiger partial charge in [0.05, 0.1) is 12.5 Å². The van der Waals surface area contributed by atoms with E-state index in [1.807, 2.05) is 51.1 Å². The average Bonchev–Trinajstić information content (AvgIpc) is 3.40. The Bertz CT molecular complexity index is 1330. The van der Waals surface area contributed by atoms with Crippen LogP contribution in [0.15, 0.2) is 77.0 Å². The molecule has 2 heterocycles. The molecule has 2 aromatic rings. The number of aliphatic hydroxyl groups excluding tert-OH is 1. The van der Waals surface area contributed by atoms with E-state index in [1.165, 1.54) is 12.2 Å². The monoisotopic (exact) mass is 577 g/mol. The second kappa shape index (κ2) is 15.6. The molecule has 0 aliphatic carbocycles. The van der Waals surface area contributed by atoms with Gasteiger partial charge in [-0.05, 0) is 24.5 Å². The number of esters is 1. The molecule has 2 amide bonds. The largest absolute Gasteiger partial charge is 0.460 e. The summed E-state index contributed by atoms with van der Waals surface area (Å²) in [5.74, 6) is -2.29. The number of aromatic nitrogens is 1. The predicted molar refractivity (Wildman–Crippen MR) is 156 cm³/mol. The summed E-state index contributed by atoms with van der Waals surface area (Å²) in [6.07, 6.45) is 7.41. The Morgan fingerprint density at radius 3 is 2.55 bits per heavy atom. The van der Waals surface area contributed by atoms with Crippen LogP contribution >= 0.6 is 0 Å². The third-order valence-corrected chi connectivity index (χ3v) is 6.65. The average molecular weight is 578 g/mol. The number of fused-ring (bicyclic) bond motifs is 2. The Morgan fingerprint density at radius 2 is 1.83 bits per heavy atom. The molecule has 3 N–H and O–H groups in total. The fourth-order valence-corrected chi connectivity index (χ4v) is 4.54. The van der Waals surface area contributed by atoms with Crippen molar-refractivity contribution in [2.75, 3.05) is 6.54 Å².